The normalized spacial score (nSPS) is 22.3. The van der Waals surface area contributed by atoms with Crippen LogP contribution in [0, 0.1) is 5.92 Å². The highest BCUT2D eigenvalue weighted by atomic mass is 16.5. The van der Waals surface area contributed by atoms with E-state index >= 15 is 0 Å². The Labute approximate surface area is 131 Å². The van der Waals surface area contributed by atoms with Crippen molar-refractivity contribution in [2.45, 2.75) is 0 Å². The largest absolute Gasteiger partial charge is 0.493 e. The SMILES string of the molecule is COc1cccc2c1OCC(CN1CCOC[C@@H](CO)C1)=C2. The first-order valence-corrected chi connectivity index (χ1v) is 7.70. The summed E-state index contributed by atoms with van der Waals surface area (Å²) in [5.41, 5.74) is 2.30. The van der Waals surface area contributed by atoms with E-state index in [9.17, 15) is 5.11 Å². The third kappa shape index (κ3) is 3.43. The van der Waals surface area contributed by atoms with Gasteiger partial charge in [0.2, 0.25) is 0 Å². The molecular weight excluding hydrogens is 282 g/mol. The van der Waals surface area contributed by atoms with Crippen molar-refractivity contribution in [1.29, 1.82) is 0 Å². The van der Waals surface area contributed by atoms with Crippen molar-refractivity contribution < 1.29 is 19.3 Å². The minimum absolute atomic E-state index is 0.173. The van der Waals surface area contributed by atoms with Crippen molar-refractivity contribution in [3.8, 4) is 11.5 Å². The van der Waals surface area contributed by atoms with Gasteiger partial charge in [-0.3, -0.25) is 4.90 Å². The lowest BCUT2D eigenvalue weighted by atomic mass is 10.1. The van der Waals surface area contributed by atoms with Crippen LogP contribution in [-0.4, -0.2) is 63.2 Å². The number of aliphatic hydroxyl groups excluding tert-OH is 1. The van der Waals surface area contributed by atoms with E-state index in [-0.39, 0.29) is 12.5 Å². The van der Waals surface area contributed by atoms with Crippen LogP contribution >= 0.6 is 0 Å². The molecule has 2 aliphatic heterocycles. The standard InChI is InChI=1S/C17H23NO4/c1-20-16-4-2-3-15-7-13(12-22-17(15)16)8-18-5-6-21-11-14(9-18)10-19/h2-4,7,14,19H,5-6,8-12H2,1H3/t14-/m1/s1. The van der Waals surface area contributed by atoms with Crippen molar-refractivity contribution in [3.05, 3.63) is 29.3 Å². The second-order valence-corrected chi connectivity index (χ2v) is 5.83. The lowest BCUT2D eigenvalue weighted by Crippen LogP contribution is -2.34. The third-order valence-corrected chi connectivity index (χ3v) is 4.10. The molecule has 0 unspecified atom stereocenters. The van der Waals surface area contributed by atoms with Crippen LogP contribution in [0.4, 0.5) is 0 Å². The van der Waals surface area contributed by atoms with Crippen LogP contribution in [-0.2, 0) is 4.74 Å². The molecule has 0 spiro atoms. The molecule has 2 heterocycles. The molecule has 0 aliphatic carbocycles. The summed E-state index contributed by atoms with van der Waals surface area (Å²) >= 11 is 0. The Bertz CT molecular complexity index is 543. The Morgan fingerprint density at radius 1 is 1.41 bits per heavy atom. The summed E-state index contributed by atoms with van der Waals surface area (Å²) in [4.78, 5) is 2.33. The van der Waals surface area contributed by atoms with Crippen LogP contribution < -0.4 is 9.47 Å². The molecule has 5 heteroatoms. The molecule has 1 atom stereocenters. The zero-order chi connectivity index (χ0) is 15.4. The second-order valence-electron chi connectivity index (χ2n) is 5.83. The molecule has 0 radical (unpaired) electrons. The average molecular weight is 305 g/mol. The van der Waals surface area contributed by atoms with Gasteiger partial charge in [-0.15, -0.1) is 0 Å². The molecule has 1 aromatic rings. The maximum Gasteiger partial charge on any atom is 0.168 e. The molecule has 120 valence electrons. The molecule has 0 saturated carbocycles. The van der Waals surface area contributed by atoms with E-state index in [1.165, 1.54) is 5.57 Å². The first-order valence-electron chi connectivity index (χ1n) is 7.70. The maximum absolute atomic E-state index is 9.37. The summed E-state index contributed by atoms with van der Waals surface area (Å²) < 4.78 is 16.8. The Morgan fingerprint density at radius 2 is 2.32 bits per heavy atom. The molecule has 3 rings (SSSR count). The molecule has 2 aliphatic rings. The average Bonchev–Trinajstić information content (AvgIpc) is 2.79. The van der Waals surface area contributed by atoms with E-state index in [2.05, 4.69) is 11.0 Å². The van der Waals surface area contributed by atoms with Gasteiger partial charge < -0.3 is 19.3 Å². The molecule has 1 saturated heterocycles. The molecule has 0 bridgehead atoms. The summed E-state index contributed by atoms with van der Waals surface area (Å²) in [6.45, 7) is 4.70. The minimum Gasteiger partial charge on any atom is -0.493 e. The van der Waals surface area contributed by atoms with Crippen LogP contribution in [0.5, 0.6) is 11.5 Å². The van der Waals surface area contributed by atoms with E-state index in [0.29, 0.717) is 13.2 Å². The van der Waals surface area contributed by atoms with Crippen LogP contribution in [0.3, 0.4) is 0 Å². The molecule has 0 aromatic heterocycles. The number of methoxy groups -OCH3 is 1. The fourth-order valence-electron chi connectivity index (χ4n) is 2.97. The number of benzene rings is 1. The lowest BCUT2D eigenvalue weighted by Gasteiger charge is -2.26. The van der Waals surface area contributed by atoms with Crippen LogP contribution in [0.2, 0.25) is 0 Å². The van der Waals surface area contributed by atoms with Gasteiger partial charge in [-0.05, 0) is 17.7 Å². The first kappa shape index (κ1) is 15.3. The molecule has 22 heavy (non-hydrogen) atoms. The maximum atomic E-state index is 9.37. The highest BCUT2D eigenvalue weighted by molar-refractivity contribution is 5.66. The van der Waals surface area contributed by atoms with Crippen molar-refractivity contribution in [2.24, 2.45) is 5.92 Å². The molecule has 1 aromatic carbocycles. The molecular formula is C17H23NO4. The summed E-state index contributed by atoms with van der Waals surface area (Å²) in [5, 5.41) is 9.37. The fraction of sp³-hybridized carbons (Fsp3) is 0.529. The van der Waals surface area contributed by atoms with E-state index < -0.39 is 0 Å². The van der Waals surface area contributed by atoms with Crippen LogP contribution in [0.1, 0.15) is 5.56 Å². The Kier molecular flexibility index (Phi) is 4.97. The van der Waals surface area contributed by atoms with E-state index in [4.69, 9.17) is 14.2 Å². The minimum atomic E-state index is 0.173. The highest BCUT2D eigenvalue weighted by Gasteiger charge is 2.21. The summed E-state index contributed by atoms with van der Waals surface area (Å²) in [6.07, 6.45) is 2.18. The van der Waals surface area contributed by atoms with Gasteiger partial charge in [-0.25, -0.2) is 0 Å². The van der Waals surface area contributed by atoms with Gasteiger partial charge in [0.25, 0.3) is 0 Å². The van der Waals surface area contributed by atoms with E-state index in [0.717, 1.165) is 43.3 Å². The van der Waals surface area contributed by atoms with Gasteiger partial charge in [-0.2, -0.15) is 0 Å². The summed E-state index contributed by atoms with van der Waals surface area (Å²) in [5.74, 6) is 1.79. The van der Waals surface area contributed by atoms with Crippen molar-refractivity contribution in [2.75, 3.05) is 53.2 Å². The summed E-state index contributed by atoms with van der Waals surface area (Å²) in [7, 11) is 1.66. The molecule has 1 N–H and O–H groups in total. The quantitative estimate of drug-likeness (QED) is 0.911. The smallest absolute Gasteiger partial charge is 0.168 e. The van der Waals surface area contributed by atoms with Gasteiger partial charge in [0, 0.05) is 37.7 Å². The lowest BCUT2D eigenvalue weighted by molar-refractivity contribution is 0.0958. The fourth-order valence-corrected chi connectivity index (χ4v) is 2.97. The molecule has 0 amide bonds. The highest BCUT2D eigenvalue weighted by Crippen LogP contribution is 2.35. The first-order chi connectivity index (χ1) is 10.8. The zero-order valence-electron chi connectivity index (χ0n) is 13.0. The number of rotatable bonds is 4. The molecule has 1 fully saturated rings. The predicted octanol–water partition coefficient (Wildman–Crippen LogP) is 1.41. The number of nitrogens with zero attached hydrogens (tertiary/aromatic N) is 1. The van der Waals surface area contributed by atoms with Crippen molar-refractivity contribution >= 4 is 6.08 Å². The number of para-hydroxylation sites is 1. The number of fused-ring (bicyclic) bond motifs is 1. The molecule has 5 nitrogen and oxygen atoms in total. The number of ether oxygens (including phenoxy) is 3. The van der Waals surface area contributed by atoms with Gasteiger partial charge >= 0.3 is 0 Å². The van der Waals surface area contributed by atoms with E-state index in [1.54, 1.807) is 7.11 Å². The van der Waals surface area contributed by atoms with Crippen molar-refractivity contribution in [1.82, 2.24) is 4.90 Å². The van der Waals surface area contributed by atoms with Gasteiger partial charge in [-0.1, -0.05) is 12.1 Å². The van der Waals surface area contributed by atoms with Crippen molar-refractivity contribution in [3.63, 3.8) is 0 Å². The Hall–Kier alpha value is -1.56. The van der Waals surface area contributed by atoms with Gasteiger partial charge in [0.05, 0.1) is 20.3 Å². The summed E-state index contributed by atoms with van der Waals surface area (Å²) in [6, 6.07) is 5.93. The monoisotopic (exact) mass is 305 g/mol. The van der Waals surface area contributed by atoms with Crippen LogP contribution in [0.15, 0.2) is 23.8 Å². The Morgan fingerprint density at radius 3 is 3.14 bits per heavy atom. The third-order valence-electron chi connectivity index (χ3n) is 4.10. The van der Waals surface area contributed by atoms with E-state index in [1.807, 2.05) is 18.2 Å². The Balaban J connectivity index is 1.71. The number of hydrogen-bond acceptors (Lipinski definition) is 5. The second kappa shape index (κ2) is 7.13. The topological polar surface area (TPSA) is 51.2 Å². The predicted molar refractivity (Wildman–Crippen MR) is 84.3 cm³/mol. The zero-order valence-corrected chi connectivity index (χ0v) is 13.0. The van der Waals surface area contributed by atoms with Gasteiger partial charge in [0.15, 0.2) is 11.5 Å². The number of aliphatic hydroxyl groups is 1. The van der Waals surface area contributed by atoms with Crippen LogP contribution in [0.25, 0.3) is 6.08 Å². The number of hydrogen-bond donors (Lipinski definition) is 1. The van der Waals surface area contributed by atoms with Gasteiger partial charge in [0.1, 0.15) is 6.61 Å².